The molecule has 0 spiro atoms. The van der Waals surface area contributed by atoms with Crippen LogP contribution in [0.3, 0.4) is 0 Å². The smallest absolute Gasteiger partial charge is 0.388 e. The van der Waals surface area contributed by atoms with Crippen molar-refractivity contribution in [1.29, 1.82) is 0 Å². The lowest BCUT2D eigenvalue weighted by atomic mass is 9.98. The van der Waals surface area contributed by atoms with E-state index in [2.05, 4.69) is 20.6 Å². The van der Waals surface area contributed by atoms with E-state index in [1.165, 1.54) is 44.9 Å². The van der Waals surface area contributed by atoms with Crippen LogP contribution in [0.5, 0.6) is 0 Å². The molecule has 9 N–H and O–H groups in total. The van der Waals surface area contributed by atoms with Crippen LogP contribution in [-0.2, 0) is 43.4 Å². The fourth-order valence-corrected chi connectivity index (χ4v) is 5.36. The Balaban J connectivity index is 2.73. The van der Waals surface area contributed by atoms with Gasteiger partial charge in [-0.15, -0.1) is 0 Å². The Morgan fingerprint density at radius 1 is 0.761 bits per heavy atom. The number of rotatable bonds is 25. The highest BCUT2D eigenvalue weighted by Crippen LogP contribution is 2.26. The van der Waals surface area contributed by atoms with Crippen LogP contribution in [0, 0.1) is 0 Å². The molecule has 0 aliphatic carbocycles. The minimum Gasteiger partial charge on any atom is -0.388 e. The number of aliphatic hydroxyl groups is 6. The van der Waals surface area contributed by atoms with E-state index >= 15 is 0 Å². The van der Waals surface area contributed by atoms with E-state index in [1.54, 1.807) is 0 Å². The van der Waals surface area contributed by atoms with Crippen molar-refractivity contribution in [3.8, 4) is 0 Å². The van der Waals surface area contributed by atoms with Gasteiger partial charge in [-0.3, -0.25) is 13.9 Å². The third-order valence-electron chi connectivity index (χ3n) is 7.37. The van der Waals surface area contributed by atoms with E-state index in [9.17, 15) is 52.3 Å². The van der Waals surface area contributed by atoms with Gasteiger partial charge in [-0.25, -0.2) is 8.37 Å². The molecule has 0 bridgehead atoms. The summed E-state index contributed by atoms with van der Waals surface area (Å²) < 4.78 is 80.0. The van der Waals surface area contributed by atoms with Gasteiger partial charge in [-0.05, 0) is 6.42 Å². The lowest BCUT2D eigenvalue weighted by molar-refractivity contribution is -0.325. The van der Waals surface area contributed by atoms with E-state index in [-0.39, 0.29) is 6.54 Å². The maximum absolute atomic E-state index is 12.5. The number of hydrogen-bond donors (Lipinski definition) is 9. The molecular weight excluding hydrogens is 662 g/mol. The van der Waals surface area contributed by atoms with Gasteiger partial charge in [-0.1, -0.05) is 77.6 Å². The van der Waals surface area contributed by atoms with E-state index in [0.717, 1.165) is 25.7 Å². The third kappa shape index (κ3) is 17.3. The minimum atomic E-state index is -5.13. The molecule has 9 atom stereocenters. The molecule has 1 fully saturated rings. The largest absolute Gasteiger partial charge is 0.397 e. The summed E-state index contributed by atoms with van der Waals surface area (Å²) in [7, 11) is -10.2. The number of ether oxygens (including phenoxy) is 2. The van der Waals surface area contributed by atoms with Gasteiger partial charge in [-0.2, -0.15) is 16.8 Å². The highest BCUT2D eigenvalue weighted by Gasteiger charge is 2.48. The van der Waals surface area contributed by atoms with E-state index in [4.69, 9.17) is 18.6 Å². The molecular formula is C26H51NO17S2. The van der Waals surface area contributed by atoms with Gasteiger partial charge in [0, 0.05) is 6.54 Å². The zero-order chi connectivity index (χ0) is 34.9. The van der Waals surface area contributed by atoms with E-state index < -0.39 is 95.0 Å². The molecule has 1 saturated heterocycles. The average Bonchev–Trinajstić information content (AvgIpc) is 2.98. The molecule has 1 heterocycles. The van der Waals surface area contributed by atoms with Gasteiger partial charge in [0.2, 0.25) is 0 Å². The van der Waals surface area contributed by atoms with Crippen LogP contribution in [0.4, 0.5) is 0 Å². The van der Waals surface area contributed by atoms with Gasteiger partial charge in [0.05, 0.1) is 13.2 Å². The molecule has 0 aromatic carbocycles. The Morgan fingerprint density at radius 3 is 1.76 bits per heavy atom. The van der Waals surface area contributed by atoms with Gasteiger partial charge >= 0.3 is 20.8 Å². The standard InChI is InChI=1S/C26H51NO17S2/c1-2-3-4-5-6-7-8-9-10-11-12-13-14-27-25(34)22(32)21(31)24(17(28)15-41-45(35,36)37)44-26-23(33)20(30)19(29)18(43-26)16-42-46(38,39)40/h17-24,26,28-33H,2-16H2,1H3,(H,27,34)(H,35,36,37)(H,38,39,40)/t17-,18?,19-,20?,21-,22-,23+,24-,26-/m1/s1. The molecule has 274 valence electrons. The first-order valence-electron chi connectivity index (χ1n) is 15.4. The summed E-state index contributed by atoms with van der Waals surface area (Å²) in [6, 6.07) is 0. The Labute approximate surface area is 269 Å². The fraction of sp³-hybridized carbons (Fsp3) is 0.962. The topological polar surface area (TPSA) is 296 Å². The number of carbonyl (C=O) groups is 1. The number of nitrogens with one attached hydrogen (secondary N) is 1. The molecule has 0 aromatic heterocycles. The predicted molar refractivity (Wildman–Crippen MR) is 159 cm³/mol. The number of hydrogen-bond acceptors (Lipinski definition) is 15. The molecule has 1 amide bonds. The van der Waals surface area contributed by atoms with Crippen molar-refractivity contribution in [2.45, 2.75) is 139 Å². The number of carbonyl (C=O) groups excluding carboxylic acids is 1. The zero-order valence-corrected chi connectivity index (χ0v) is 27.5. The van der Waals surface area contributed by atoms with Crippen molar-refractivity contribution in [3.05, 3.63) is 0 Å². The number of amides is 1. The maximum atomic E-state index is 12.5. The molecule has 46 heavy (non-hydrogen) atoms. The summed E-state index contributed by atoms with van der Waals surface area (Å²) in [6.45, 7) is -0.0868. The lowest BCUT2D eigenvalue weighted by Crippen LogP contribution is -2.62. The summed E-state index contributed by atoms with van der Waals surface area (Å²) in [5, 5.41) is 64.6. The molecule has 0 aromatic rings. The summed E-state index contributed by atoms with van der Waals surface area (Å²) in [6.07, 6.45) is -6.26. The molecule has 20 heteroatoms. The highest BCUT2D eigenvalue weighted by atomic mass is 32.3. The fourth-order valence-electron chi connectivity index (χ4n) is 4.74. The first-order chi connectivity index (χ1) is 21.5. The Bertz CT molecular complexity index is 1060. The highest BCUT2D eigenvalue weighted by molar-refractivity contribution is 7.81. The zero-order valence-electron chi connectivity index (χ0n) is 25.9. The van der Waals surface area contributed by atoms with Crippen LogP contribution in [0.2, 0.25) is 0 Å². The number of aliphatic hydroxyl groups excluding tert-OH is 6. The molecule has 1 aliphatic rings. The summed E-state index contributed by atoms with van der Waals surface area (Å²) in [4.78, 5) is 12.5. The van der Waals surface area contributed by atoms with Crippen LogP contribution in [-0.4, -0.2) is 137 Å². The SMILES string of the molecule is CCCCCCCCCCCCCCNC(=O)[C@H](O)[C@@H](O)[C@H](O[C@H]1OC(COS(=O)(=O)O)[C@@H](O)C(O)[C@@H]1O)[C@H](O)COS(=O)(=O)O. The van der Waals surface area contributed by atoms with Crippen molar-refractivity contribution in [2.75, 3.05) is 19.8 Å². The molecule has 1 aliphatic heterocycles. The quantitative estimate of drug-likeness (QED) is 0.0393. The Kier molecular flexibility index (Phi) is 20.3. The lowest BCUT2D eigenvalue weighted by Gasteiger charge is -2.42. The minimum absolute atomic E-state index is 0.129. The molecule has 2 unspecified atom stereocenters. The average molecular weight is 714 g/mol. The Morgan fingerprint density at radius 2 is 1.26 bits per heavy atom. The van der Waals surface area contributed by atoms with Crippen LogP contribution >= 0.6 is 0 Å². The second-order valence-electron chi connectivity index (χ2n) is 11.2. The van der Waals surface area contributed by atoms with Crippen molar-refractivity contribution in [3.63, 3.8) is 0 Å². The normalized spacial score (nSPS) is 25.1. The third-order valence-corrected chi connectivity index (χ3v) is 8.23. The Hall–Kier alpha value is -1.11. The summed E-state index contributed by atoms with van der Waals surface area (Å²) >= 11 is 0. The van der Waals surface area contributed by atoms with Gasteiger partial charge in [0.15, 0.2) is 12.4 Å². The second kappa shape index (κ2) is 21.8. The molecule has 1 rings (SSSR count). The van der Waals surface area contributed by atoms with Crippen LogP contribution < -0.4 is 5.32 Å². The van der Waals surface area contributed by atoms with Crippen molar-refractivity contribution in [1.82, 2.24) is 5.32 Å². The predicted octanol–water partition coefficient (Wildman–Crippen LogP) is -1.28. The molecule has 0 saturated carbocycles. The van der Waals surface area contributed by atoms with Crippen molar-refractivity contribution in [2.24, 2.45) is 0 Å². The van der Waals surface area contributed by atoms with Crippen molar-refractivity contribution >= 4 is 26.7 Å². The van der Waals surface area contributed by atoms with E-state index in [0.29, 0.717) is 6.42 Å². The van der Waals surface area contributed by atoms with Crippen LogP contribution in [0.1, 0.15) is 84.0 Å². The van der Waals surface area contributed by atoms with E-state index in [1.807, 2.05) is 0 Å². The van der Waals surface area contributed by atoms with Gasteiger partial charge < -0.3 is 45.4 Å². The van der Waals surface area contributed by atoms with Crippen molar-refractivity contribution < 1.29 is 79.2 Å². The van der Waals surface area contributed by atoms with Gasteiger partial charge in [0.1, 0.15) is 42.7 Å². The second-order valence-corrected chi connectivity index (χ2v) is 13.4. The monoisotopic (exact) mass is 713 g/mol. The first kappa shape index (κ1) is 42.9. The van der Waals surface area contributed by atoms with Gasteiger partial charge in [0.25, 0.3) is 5.91 Å². The summed E-state index contributed by atoms with van der Waals surface area (Å²) in [5.74, 6) is -1.10. The first-order valence-corrected chi connectivity index (χ1v) is 18.1. The summed E-state index contributed by atoms with van der Waals surface area (Å²) in [5.41, 5.74) is 0. The van der Waals surface area contributed by atoms with Crippen LogP contribution in [0.15, 0.2) is 0 Å². The van der Waals surface area contributed by atoms with Crippen LogP contribution in [0.25, 0.3) is 0 Å². The number of unbranched alkanes of at least 4 members (excludes halogenated alkanes) is 11. The maximum Gasteiger partial charge on any atom is 0.397 e. The molecule has 18 nitrogen and oxygen atoms in total. The molecule has 0 radical (unpaired) electrons.